The number of rotatable bonds is 6. The van der Waals surface area contributed by atoms with Crippen molar-refractivity contribution in [2.75, 3.05) is 26.2 Å². The quantitative estimate of drug-likeness (QED) is 0.847. The molecule has 1 aliphatic rings. The van der Waals surface area contributed by atoms with Gasteiger partial charge in [0.25, 0.3) is 0 Å². The maximum Gasteiger partial charge on any atom is 0.0898 e. The highest BCUT2D eigenvalue weighted by atomic mass is 16.3. The van der Waals surface area contributed by atoms with E-state index >= 15 is 0 Å². The molecule has 1 aromatic carbocycles. The van der Waals surface area contributed by atoms with Gasteiger partial charge in [0.15, 0.2) is 0 Å². The number of hydrogen-bond donors (Lipinski definition) is 2. The first-order valence-electron chi connectivity index (χ1n) is 9.28. The molecule has 0 spiro atoms. The van der Waals surface area contributed by atoms with Crippen LogP contribution in [0.25, 0.3) is 5.69 Å². The third-order valence-electron chi connectivity index (χ3n) is 5.28. The van der Waals surface area contributed by atoms with E-state index in [0.717, 1.165) is 56.1 Å². The van der Waals surface area contributed by atoms with Gasteiger partial charge in [-0.2, -0.15) is 5.10 Å². The van der Waals surface area contributed by atoms with E-state index in [9.17, 15) is 5.11 Å². The molecule has 0 bridgehead atoms. The van der Waals surface area contributed by atoms with Crippen molar-refractivity contribution in [3.8, 4) is 5.69 Å². The number of aliphatic hydroxyl groups is 1. The van der Waals surface area contributed by atoms with Gasteiger partial charge in [0, 0.05) is 30.9 Å². The summed E-state index contributed by atoms with van der Waals surface area (Å²) in [7, 11) is 0. The molecule has 1 atom stereocenters. The number of piperidine rings is 1. The number of benzene rings is 1. The van der Waals surface area contributed by atoms with Gasteiger partial charge >= 0.3 is 0 Å². The topological polar surface area (TPSA) is 53.3 Å². The molecule has 5 heteroatoms. The van der Waals surface area contributed by atoms with E-state index in [-0.39, 0.29) is 0 Å². The van der Waals surface area contributed by atoms with Crippen molar-refractivity contribution in [2.24, 2.45) is 0 Å². The largest absolute Gasteiger partial charge is 0.387 e. The summed E-state index contributed by atoms with van der Waals surface area (Å²) in [4.78, 5) is 2.33. The first kappa shape index (κ1) is 18.1. The highest BCUT2D eigenvalue weighted by molar-refractivity contribution is 5.36. The molecule has 136 valence electrons. The van der Waals surface area contributed by atoms with Crippen LogP contribution < -0.4 is 5.32 Å². The van der Waals surface area contributed by atoms with Crippen LogP contribution in [0.5, 0.6) is 0 Å². The number of nitrogens with one attached hydrogen (secondary N) is 1. The zero-order chi connectivity index (χ0) is 17.9. The van der Waals surface area contributed by atoms with Crippen LogP contribution >= 0.6 is 0 Å². The van der Waals surface area contributed by atoms with E-state index in [4.69, 9.17) is 5.10 Å². The molecule has 0 aliphatic carbocycles. The molecule has 5 nitrogen and oxygen atoms in total. The van der Waals surface area contributed by atoms with E-state index in [0.29, 0.717) is 6.54 Å². The van der Waals surface area contributed by atoms with Gasteiger partial charge in [-0.05, 0) is 51.9 Å². The first-order valence-corrected chi connectivity index (χ1v) is 9.28. The third kappa shape index (κ3) is 4.11. The normalized spacial score (nSPS) is 21.6. The Labute approximate surface area is 150 Å². The molecule has 0 amide bonds. The Bertz CT molecular complexity index is 697. The Morgan fingerprint density at radius 3 is 2.72 bits per heavy atom. The summed E-state index contributed by atoms with van der Waals surface area (Å²) in [6.07, 6.45) is 1.94. The lowest BCUT2D eigenvalue weighted by atomic mass is 9.92. The fourth-order valence-corrected chi connectivity index (χ4v) is 3.79. The molecule has 0 radical (unpaired) electrons. The van der Waals surface area contributed by atoms with Crippen LogP contribution in [0.3, 0.4) is 0 Å². The Hall–Kier alpha value is -1.69. The van der Waals surface area contributed by atoms with Gasteiger partial charge < -0.3 is 15.3 Å². The predicted octanol–water partition coefficient (Wildman–Crippen LogP) is 2.43. The summed E-state index contributed by atoms with van der Waals surface area (Å²) in [5, 5.41) is 19.0. The number of likely N-dealkylation sites (tertiary alicyclic amines) is 1. The summed E-state index contributed by atoms with van der Waals surface area (Å²) < 4.78 is 2.00. The van der Waals surface area contributed by atoms with Gasteiger partial charge in [-0.25, -0.2) is 4.68 Å². The van der Waals surface area contributed by atoms with Gasteiger partial charge in [0.2, 0.25) is 0 Å². The smallest absolute Gasteiger partial charge is 0.0898 e. The monoisotopic (exact) mass is 342 g/mol. The molecule has 1 saturated heterocycles. The van der Waals surface area contributed by atoms with Gasteiger partial charge in [-0.15, -0.1) is 0 Å². The van der Waals surface area contributed by atoms with Crippen molar-refractivity contribution >= 4 is 0 Å². The van der Waals surface area contributed by atoms with E-state index in [1.807, 2.05) is 22.9 Å². The Balaban J connectivity index is 1.65. The molecule has 25 heavy (non-hydrogen) atoms. The van der Waals surface area contributed by atoms with Crippen LogP contribution in [0.15, 0.2) is 30.3 Å². The predicted molar refractivity (Wildman–Crippen MR) is 101 cm³/mol. The molecule has 2 heterocycles. The molecule has 2 aromatic rings. The van der Waals surface area contributed by atoms with Gasteiger partial charge in [-0.1, -0.05) is 25.1 Å². The summed E-state index contributed by atoms with van der Waals surface area (Å²) in [6, 6.07) is 10.2. The second kappa shape index (κ2) is 7.68. The molecule has 0 saturated carbocycles. The van der Waals surface area contributed by atoms with Crippen LogP contribution in [0.1, 0.15) is 36.7 Å². The second-order valence-electron chi connectivity index (χ2n) is 7.20. The van der Waals surface area contributed by atoms with Crippen molar-refractivity contribution in [1.29, 1.82) is 0 Å². The molecule has 2 N–H and O–H groups in total. The van der Waals surface area contributed by atoms with Crippen LogP contribution in [0.2, 0.25) is 0 Å². The molecule has 1 unspecified atom stereocenters. The standard InChI is InChI=1S/C20H30N4O/c1-4-23-12-8-11-20(25,15-23)14-21-13-19-16(2)22-24(17(19)3)18-9-6-5-7-10-18/h5-7,9-10,21,25H,4,8,11-15H2,1-3H3. The van der Waals surface area contributed by atoms with Crippen molar-refractivity contribution in [1.82, 2.24) is 20.0 Å². The van der Waals surface area contributed by atoms with Gasteiger partial charge in [0.1, 0.15) is 0 Å². The minimum atomic E-state index is -0.620. The number of hydrogen-bond acceptors (Lipinski definition) is 4. The number of likely N-dealkylation sites (N-methyl/N-ethyl adjacent to an activating group) is 1. The highest BCUT2D eigenvalue weighted by Crippen LogP contribution is 2.21. The minimum Gasteiger partial charge on any atom is -0.387 e. The fraction of sp³-hybridized carbons (Fsp3) is 0.550. The van der Waals surface area contributed by atoms with Crippen LogP contribution in [0.4, 0.5) is 0 Å². The average Bonchev–Trinajstić information content (AvgIpc) is 2.90. The van der Waals surface area contributed by atoms with Crippen molar-refractivity contribution in [3.63, 3.8) is 0 Å². The van der Waals surface area contributed by atoms with E-state index < -0.39 is 5.60 Å². The van der Waals surface area contributed by atoms with Crippen LogP contribution in [-0.2, 0) is 6.54 Å². The zero-order valence-electron chi connectivity index (χ0n) is 15.6. The van der Waals surface area contributed by atoms with Crippen molar-refractivity contribution in [2.45, 2.75) is 45.8 Å². The highest BCUT2D eigenvalue weighted by Gasteiger charge is 2.32. The lowest BCUT2D eigenvalue weighted by Gasteiger charge is -2.39. The van der Waals surface area contributed by atoms with Gasteiger partial charge in [0.05, 0.1) is 17.0 Å². The SMILES string of the molecule is CCN1CCCC(O)(CNCc2c(C)nn(-c3ccccc3)c2C)C1. The Morgan fingerprint density at radius 2 is 2.00 bits per heavy atom. The maximum absolute atomic E-state index is 10.8. The summed E-state index contributed by atoms with van der Waals surface area (Å²) >= 11 is 0. The second-order valence-corrected chi connectivity index (χ2v) is 7.20. The molecule has 1 aromatic heterocycles. The fourth-order valence-electron chi connectivity index (χ4n) is 3.79. The number of aromatic nitrogens is 2. The minimum absolute atomic E-state index is 0.620. The Morgan fingerprint density at radius 1 is 1.24 bits per heavy atom. The molecular formula is C20H30N4O. The number of para-hydroxylation sites is 1. The first-order chi connectivity index (χ1) is 12.0. The summed E-state index contributed by atoms with van der Waals surface area (Å²) in [6.45, 7) is 10.5. The van der Waals surface area contributed by atoms with Crippen molar-refractivity contribution in [3.05, 3.63) is 47.3 Å². The lowest BCUT2D eigenvalue weighted by Crippen LogP contribution is -2.53. The maximum atomic E-state index is 10.8. The number of nitrogens with zero attached hydrogens (tertiary/aromatic N) is 3. The Kier molecular flexibility index (Phi) is 5.57. The van der Waals surface area contributed by atoms with Crippen molar-refractivity contribution < 1.29 is 5.11 Å². The zero-order valence-corrected chi connectivity index (χ0v) is 15.6. The average molecular weight is 342 g/mol. The summed E-state index contributed by atoms with van der Waals surface area (Å²) in [5.41, 5.74) is 3.88. The van der Waals surface area contributed by atoms with E-state index in [1.54, 1.807) is 0 Å². The number of aryl methyl sites for hydroxylation is 1. The van der Waals surface area contributed by atoms with Crippen LogP contribution in [-0.4, -0.2) is 51.6 Å². The molecule has 1 aliphatic heterocycles. The summed E-state index contributed by atoms with van der Waals surface area (Å²) in [5.74, 6) is 0. The lowest BCUT2D eigenvalue weighted by molar-refractivity contribution is -0.0279. The molecule has 1 fully saturated rings. The van der Waals surface area contributed by atoms with Gasteiger partial charge in [-0.3, -0.25) is 0 Å². The molecular weight excluding hydrogens is 312 g/mol. The molecule has 3 rings (SSSR count). The third-order valence-corrected chi connectivity index (χ3v) is 5.28. The van der Waals surface area contributed by atoms with Crippen LogP contribution in [0, 0.1) is 13.8 Å². The number of β-amino-alcohol motifs (C(OH)–C–C–N with tert-alkyl or cyclic N) is 1. The van der Waals surface area contributed by atoms with E-state index in [2.05, 4.69) is 43.1 Å². The van der Waals surface area contributed by atoms with E-state index in [1.165, 1.54) is 5.56 Å².